The molecule has 0 spiro atoms. The summed E-state index contributed by atoms with van der Waals surface area (Å²) in [5.41, 5.74) is 6.33. The Kier molecular flexibility index (Phi) is 3.71. The van der Waals surface area contributed by atoms with Gasteiger partial charge in [0.15, 0.2) is 0 Å². The van der Waals surface area contributed by atoms with E-state index in [1.807, 2.05) is 16.7 Å². The topological polar surface area (TPSA) is 66.6 Å². The first-order chi connectivity index (χ1) is 8.50. The lowest BCUT2D eigenvalue weighted by molar-refractivity contribution is 0.0698. The Morgan fingerprint density at radius 1 is 1.50 bits per heavy atom. The first kappa shape index (κ1) is 13.1. The molecule has 18 heavy (non-hydrogen) atoms. The molecule has 3 N–H and O–H groups in total. The summed E-state index contributed by atoms with van der Waals surface area (Å²) < 4.78 is 0. The summed E-state index contributed by atoms with van der Waals surface area (Å²) in [6.07, 6.45) is 0. The van der Waals surface area contributed by atoms with Crippen LogP contribution in [0.25, 0.3) is 0 Å². The molecule has 0 bridgehead atoms. The van der Waals surface area contributed by atoms with Gasteiger partial charge in [0.2, 0.25) is 0 Å². The van der Waals surface area contributed by atoms with Gasteiger partial charge in [-0.3, -0.25) is 4.79 Å². The van der Waals surface area contributed by atoms with E-state index in [4.69, 9.17) is 5.73 Å². The third-order valence-corrected chi connectivity index (χ3v) is 4.76. The molecule has 0 aliphatic carbocycles. The highest BCUT2D eigenvalue weighted by Crippen LogP contribution is 2.27. The molecule has 4 nitrogen and oxygen atoms in total. The van der Waals surface area contributed by atoms with Crippen molar-refractivity contribution in [3.63, 3.8) is 0 Å². The van der Waals surface area contributed by atoms with Gasteiger partial charge in [-0.05, 0) is 25.1 Å². The first-order valence-electron chi connectivity index (χ1n) is 6.01. The van der Waals surface area contributed by atoms with E-state index in [-0.39, 0.29) is 17.7 Å². The standard InChI is InChI=1S/C13H18N2O2S/c1-8-9(2)18-6-5-15(8)13(17)10-3-4-11(14)12(16)7-10/h3-4,7-9,16H,5-6,14H2,1-2H3. The molecule has 1 saturated heterocycles. The number of nitrogens with zero attached hydrogens (tertiary/aromatic N) is 1. The van der Waals surface area contributed by atoms with Gasteiger partial charge < -0.3 is 15.7 Å². The number of phenolic OH excluding ortho intramolecular Hbond substituents is 1. The number of amides is 1. The monoisotopic (exact) mass is 266 g/mol. The number of hydrogen-bond acceptors (Lipinski definition) is 4. The lowest BCUT2D eigenvalue weighted by Gasteiger charge is -2.37. The third-order valence-electron chi connectivity index (χ3n) is 3.42. The van der Waals surface area contributed by atoms with Crippen LogP contribution in [0.4, 0.5) is 5.69 Å². The Labute approximate surface area is 111 Å². The van der Waals surface area contributed by atoms with E-state index < -0.39 is 0 Å². The second-order valence-electron chi connectivity index (χ2n) is 4.59. The molecule has 2 atom stereocenters. The van der Waals surface area contributed by atoms with Gasteiger partial charge >= 0.3 is 0 Å². The summed E-state index contributed by atoms with van der Waals surface area (Å²) >= 11 is 1.88. The minimum absolute atomic E-state index is 0.0343. The lowest BCUT2D eigenvalue weighted by Crippen LogP contribution is -2.47. The molecular formula is C13H18N2O2S. The van der Waals surface area contributed by atoms with Gasteiger partial charge in [-0.15, -0.1) is 0 Å². The van der Waals surface area contributed by atoms with Crippen molar-refractivity contribution in [3.05, 3.63) is 23.8 Å². The third kappa shape index (κ3) is 2.41. The van der Waals surface area contributed by atoms with Crippen LogP contribution in [0.3, 0.4) is 0 Å². The highest BCUT2D eigenvalue weighted by Gasteiger charge is 2.29. The van der Waals surface area contributed by atoms with Gasteiger partial charge in [0, 0.05) is 29.2 Å². The molecule has 1 fully saturated rings. The number of carbonyl (C=O) groups is 1. The molecule has 1 aliphatic rings. The van der Waals surface area contributed by atoms with Crippen molar-refractivity contribution >= 4 is 23.4 Å². The minimum Gasteiger partial charge on any atom is -0.506 e. The summed E-state index contributed by atoms with van der Waals surface area (Å²) in [7, 11) is 0. The van der Waals surface area contributed by atoms with E-state index >= 15 is 0 Å². The van der Waals surface area contributed by atoms with Gasteiger partial charge in [0.25, 0.3) is 5.91 Å². The van der Waals surface area contributed by atoms with Crippen LogP contribution < -0.4 is 5.73 Å². The van der Waals surface area contributed by atoms with Crippen molar-refractivity contribution in [1.82, 2.24) is 4.90 Å². The highest BCUT2D eigenvalue weighted by atomic mass is 32.2. The van der Waals surface area contributed by atoms with Crippen LogP contribution in [-0.2, 0) is 0 Å². The van der Waals surface area contributed by atoms with E-state index in [1.165, 1.54) is 6.07 Å². The highest BCUT2D eigenvalue weighted by molar-refractivity contribution is 8.00. The van der Waals surface area contributed by atoms with Gasteiger partial charge in [-0.25, -0.2) is 0 Å². The fourth-order valence-corrected chi connectivity index (χ4v) is 3.16. The van der Waals surface area contributed by atoms with Crippen molar-refractivity contribution in [3.8, 4) is 5.75 Å². The van der Waals surface area contributed by atoms with E-state index in [1.54, 1.807) is 12.1 Å². The molecule has 1 heterocycles. The quantitative estimate of drug-likeness (QED) is 0.602. The van der Waals surface area contributed by atoms with Crippen molar-refractivity contribution in [2.45, 2.75) is 25.1 Å². The molecule has 1 aromatic rings. The molecule has 98 valence electrons. The molecule has 0 aromatic heterocycles. The van der Waals surface area contributed by atoms with Crippen LogP contribution in [0.5, 0.6) is 5.75 Å². The number of rotatable bonds is 1. The SMILES string of the molecule is CC1SCCN(C(=O)c2ccc(N)c(O)c2)C1C. The molecule has 1 amide bonds. The van der Waals surface area contributed by atoms with Gasteiger partial charge in [0.1, 0.15) is 5.75 Å². The first-order valence-corrected chi connectivity index (χ1v) is 7.06. The van der Waals surface area contributed by atoms with Crippen molar-refractivity contribution in [2.75, 3.05) is 18.0 Å². The number of carbonyl (C=O) groups excluding carboxylic acids is 1. The average molecular weight is 266 g/mol. The van der Waals surface area contributed by atoms with Crippen LogP contribution in [0.1, 0.15) is 24.2 Å². The number of benzene rings is 1. The Morgan fingerprint density at radius 2 is 2.22 bits per heavy atom. The van der Waals surface area contributed by atoms with E-state index in [2.05, 4.69) is 13.8 Å². The van der Waals surface area contributed by atoms with Crippen LogP contribution in [-0.4, -0.2) is 39.5 Å². The minimum atomic E-state index is -0.0371. The van der Waals surface area contributed by atoms with Crippen molar-refractivity contribution in [1.29, 1.82) is 0 Å². The molecule has 1 aliphatic heterocycles. The molecule has 0 radical (unpaired) electrons. The predicted octanol–water partition coefficient (Wildman–Crippen LogP) is 1.94. The fraction of sp³-hybridized carbons (Fsp3) is 0.462. The maximum absolute atomic E-state index is 12.4. The van der Waals surface area contributed by atoms with Crippen molar-refractivity contribution < 1.29 is 9.90 Å². The zero-order valence-electron chi connectivity index (χ0n) is 10.6. The predicted molar refractivity (Wildman–Crippen MR) is 74.9 cm³/mol. The Hall–Kier alpha value is -1.36. The number of nitrogens with two attached hydrogens (primary N) is 1. The Morgan fingerprint density at radius 3 is 2.89 bits per heavy atom. The average Bonchev–Trinajstić information content (AvgIpc) is 2.35. The molecule has 2 unspecified atom stereocenters. The van der Waals surface area contributed by atoms with Gasteiger partial charge in [-0.1, -0.05) is 6.92 Å². The number of nitrogen functional groups attached to an aromatic ring is 1. The molecular weight excluding hydrogens is 248 g/mol. The van der Waals surface area contributed by atoms with Crippen molar-refractivity contribution in [2.24, 2.45) is 0 Å². The van der Waals surface area contributed by atoms with Gasteiger partial charge in [-0.2, -0.15) is 11.8 Å². The smallest absolute Gasteiger partial charge is 0.254 e. The summed E-state index contributed by atoms with van der Waals surface area (Å²) in [6.45, 7) is 4.95. The summed E-state index contributed by atoms with van der Waals surface area (Å²) in [5, 5.41) is 10.0. The van der Waals surface area contributed by atoms with Gasteiger partial charge in [0.05, 0.1) is 5.69 Å². The Balaban J connectivity index is 2.22. The van der Waals surface area contributed by atoms with E-state index in [0.29, 0.717) is 16.5 Å². The summed E-state index contributed by atoms with van der Waals surface area (Å²) in [4.78, 5) is 14.3. The number of thioether (sulfide) groups is 1. The van der Waals surface area contributed by atoms with Crippen LogP contribution >= 0.6 is 11.8 Å². The molecule has 2 rings (SSSR count). The number of hydrogen-bond donors (Lipinski definition) is 2. The van der Waals surface area contributed by atoms with Crippen LogP contribution in [0.2, 0.25) is 0 Å². The van der Waals surface area contributed by atoms with Crippen LogP contribution in [0, 0.1) is 0 Å². The number of phenols is 1. The molecule has 0 saturated carbocycles. The Bertz CT molecular complexity index is 464. The van der Waals surface area contributed by atoms with E-state index in [0.717, 1.165) is 12.3 Å². The summed E-state index contributed by atoms with van der Waals surface area (Å²) in [6, 6.07) is 4.87. The fourth-order valence-electron chi connectivity index (χ4n) is 2.06. The maximum atomic E-state index is 12.4. The maximum Gasteiger partial charge on any atom is 0.254 e. The largest absolute Gasteiger partial charge is 0.506 e. The van der Waals surface area contributed by atoms with Crippen LogP contribution in [0.15, 0.2) is 18.2 Å². The number of anilines is 1. The molecule has 1 aromatic carbocycles. The molecule has 5 heteroatoms. The lowest BCUT2D eigenvalue weighted by atomic mass is 10.1. The normalized spacial score (nSPS) is 24.0. The number of aromatic hydroxyl groups is 1. The summed E-state index contributed by atoms with van der Waals surface area (Å²) in [5.74, 6) is 0.885. The van der Waals surface area contributed by atoms with E-state index in [9.17, 15) is 9.90 Å². The second-order valence-corrected chi connectivity index (χ2v) is 6.07. The zero-order chi connectivity index (χ0) is 13.3. The zero-order valence-corrected chi connectivity index (χ0v) is 11.4. The second kappa shape index (κ2) is 5.10.